The minimum Gasteiger partial charge on any atom is -0.317 e. The van der Waals surface area contributed by atoms with Crippen LogP contribution >= 0.6 is 23.4 Å². The molecule has 28 heavy (non-hydrogen) atoms. The first-order valence-electron chi connectivity index (χ1n) is 8.74. The van der Waals surface area contributed by atoms with Gasteiger partial charge in [0.25, 0.3) is 5.56 Å². The van der Waals surface area contributed by atoms with Crippen LogP contribution in [0.2, 0.25) is 5.02 Å². The van der Waals surface area contributed by atoms with Gasteiger partial charge < -0.3 is 4.57 Å². The number of rotatable bonds is 5. The predicted molar refractivity (Wildman–Crippen MR) is 112 cm³/mol. The van der Waals surface area contributed by atoms with Gasteiger partial charge in [-0.3, -0.25) is 14.6 Å². The highest BCUT2D eigenvalue weighted by molar-refractivity contribution is 7.99. The molecule has 1 unspecified atom stereocenters. The first kappa shape index (κ1) is 20.3. The minimum absolute atomic E-state index is 0.0351. The Morgan fingerprint density at radius 2 is 1.71 bits per heavy atom. The third-order valence-corrected chi connectivity index (χ3v) is 5.91. The highest BCUT2D eigenvalue weighted by Crippen LogP contribution is 2.30. The van der Waals surface area contributed by atoms with Crippen LogP contribution in [0.3, 0.4) is 0 Å². The van der Waals surface area contributed by atoms with E-state index in [1.807, 2.05) is 19.1 Å². The Bertz CT molecular complexity index is 947. The van der Waals surface area contributed by atoms with E-state index in [1.54, 1.807) is 43.4 Å². The van der Waals surface area contributed by atoms with Crippen LogP contribution in [0.4, 0.5) is 15.3 Å². The number of hydrogen-bond donors (Lipinski definition) is 0. The zero-order valence-corrected chi connectivity index (χ0v) is 17.4. The topological polar surface area (TPSA) is 65.9 Å². The van der Waals surface area contributed by atoms with Gasteiger partial charge in [0.1, 0.15) is 5.69 Å². The Kier molecular flexibility index (Phi) is 6.00. The van der Waals surface area contributed by atoms with Crippen molar-refractivity contribution in [2.24, 2.45) is 7.05 Å². The number of anilines is 1. The number of amides is 4. The van der Waals surface area contributed by atoms with Crippen molar-refractivity contribution in [2.45, 2.75) is 19.0 Å². The number of pyridine rings is 1. The number of urea groups is 2. The van der Waals surface area contributed by atoms with Crippen molar-refractivity contribution < 1.29 is 9.59 Å². The van der Waals surface area contributed by atoms with Crippen LogP contribution in [0, 0.1) is 0 Å². The molecule has 2 aromatic rings. The Hall–Kier alpha value is -2.45. The molecule has 1 atom stereocenters. The van der Waals surface area contributed by atoms with E-state index < -0.39 is 23.1 Å². The normalized spacial score (nSPS) is 17.4. The number of nitrogens with zero attached hydrogens (tertiary/aromatic N) is 4. The third kappa shape index (κ3) is 3.74. The van der Waals surface area contributed by atoms with Crippen molar-refractivity contribution in [3.8, 4) is 0 Å². The molecule has 0 bridgehead atoms. The van der Waals surface area contributed by atoms with E-state index in [0.29, 0.717) is 5.02 Å². The standard InChI is InChI=1S/C19H21ClN4O3S/c1-4-28-19-22(3)17(26)24(15-6-5-11-21(2)16(15)25)18(27)23(19)12-13-7-9-14(20)10-8-13/h5-11,19H,4,12H2,1-3H3. The van der Waals surface area contributed by atoms with Crippen molar-refractivity contribution in [3.63, 3.8) is 0 Å². The van der Waals surface area contributed by atoms with Gasteiger partial charge in [-0.25, -0.2) is 14.5 Å². The van der Waals surface area contributed by atoms with Gasteiger partial charge in [0.15, 0.2) is 5.50 Å². The van der Waals surface area contributed by atoms with E-state index in [2.05, 4.69) is 0 Å². The van der Waals surface area contributed by atoms with Crippen LogP contribution in [-0.4, -0.2) is 44.7 Å². The van der Waals surface area contributed by atoms with Crippen LogP contribution in [-0.2, 0) is 13.6 Å². The van der Waals surface area contributed by atoms with Crippen LogP contribution < -0.4 is 10.5 Å². The molecule has 1 aliphatic heterocycles. The number of carbonyl (C=O) groups excluding carboxylic acids is 2. The maximum Gasteiger partial charge on any atom is 0.335 e. The summed E-state index contributed by atoms with van der Waals surface area (Å²) in [4.78, 5) is 42.8. The molecule has 3 rings (SSSR count). The van der Waals surface area contributed by atoms with E-state index in [0.717, 1.165) is 16.2 Å². The maximum atomic E-state index is 13.3. The summed E-state index contributed by atoms with van der Waals surface area (Å²) in [5.41, 5.74) is 0.0335. The molecule has 4 amide bonds. The second-order valence-corrected chi connectivity index (χ2v) is 8.13. The SMILES string of the molecule is CCSC1N(C)C(=O)N(c2cccn(C)c2=O)C(=O)N1Cc1ccc(Cl)cc1. The maximum absolute atomic E-state index is 13.3. The molecule has 7 nitrogen and oxygen atoms in total. The van der Waals surface area contributed by atoms with E-state index in [9.17, 15) is 14.4 Å². The fourth-order valence-corrected chi connectivity index (χ4v) is 4.09. The third-order valence-electron chi connectivity index (χ3n) is 4.45. The van der Waals surface area contributed by atoms with E-state index in [1.165, 1.54) is 27.3 Å². The lowest BCUT2D eigenvalue weighted by Crippen LogP contribution is -2.64. The molecule has 0 N–H and O–H groups in total. The average Bonchev–Trinajstić information content (AvgIpc) is 2.67. The molecule has 1 saturated heterocycles. The number of imide groups is 1. The number of thioether (sulfide) groups is 1. The quantitative estimate of drug-likeness (QED) is 0.741. The summed E-state index contributed by atoms with van der Waals surface area (Å²) in [6, 6.07) is 9.27. The van der Waals surface area contributed by atoms with Crippen LogP contribution in [0.5, 0.6) is 0 Å². The van der Waals surface area contributed by atoms with Crippen molar-refractivity contribution in [3.05, 3.63) is 63.5 Å². The van der Waals surface area contributed by atoms with Gasteiger partial charge in [0, 0.05) is 25.3 Å². The number of benzene rings is 1. The van der Waals surface area contributed by atoms with Gasteiger partial charge in [0.05, 0.1) is 6.54 Å². The highest BCUT2D eigenvalue weighted by Gasteiger charge is 2.44. The lowest BCUT2D eigenvalue weighted by molar-refractivity contribution is 0.126. The molecule has 0 spiro atoms. The summed E-state index contributed by atoms with van der Waals surface area (Å²) in [5.74, 6) is 0.722. The highest BCUT2D eigenvalue weighted by atomic mass is 35.5. The van der Waals surface area contributed by atoms with E-state index in [4.69, 9.17) is 11.6 Å². The van der Waals surface area contributed by atoms with Gasteiger partial charge in [-0.05, 0) is 35.6 Å². The lowest BCUT2D eigenvalue weighted by atomic mass is 10.2. The molecule has 1 aromatic heterocycles. The number of hydrogen-bond acceptors (Lipinski definition) is 4. The Morgan fingerprint density at radius 1 is 1.04 bits per heavy atom. The van der Waals surface area contributed by atoms with Crippen LogP contribution in [0.1, 0.15) is 12.5 Å². The molecule has 1 aliphatic rings. The molecule has 1 aromatic carbocycles. The molecular weight excluding hydrogens is 400 g/mol. The second kappa shape index (κ2) is 8.28. The number of aryl methyl sites for hydroxylation is 1. The summed E-state index contributed by atoms with van der Waals surface area (Å²) < 4.78 is 1.34. The molecule has 0 radical (unpaired) electrons. The molecule has 0 aliphatic carbocycles. The molecule has 2 heterocycles. The zero-order valence-electron chi connectivity index (χ0n) is 15.8. The van der Waals surface area contributed by atoms with Gasteiger partial charge in [0.2, 0.25) is 0 Å². The number of aromatic nitrogens is 1. The molecule has 0 saturated carbocycles. The van der Waals surface area contributed by atoms with Crippen molar-refractivity contribution in [2.75, 3.05) is 17.7 Å². The lowest BCUT2D eigenvalue weighted by Gasteiger charge is -2.45. The van der Waals surface area contributed by atoms with Gasteiger partial charge >= 0.3 is 12.1 Å². The summed E-state index contributed by atoms with van der Waals surface area (Å²) in [7, 11) is 3.22. The second-order valence-electron chi connectivity index (χ2n) is 6.36. The van der Waals surface area contributed by atoms with Crippen molar-refractivity contribution >= 4 is 41.1 Å². The Morgan fingerprint density at radius 3 is 2.36 bits per heavy atom. The monoisotopic (exact) mass is 420 g/mol. The van der Waals surface area contributed by atoms with E-state index >= 15 is 0 Å². The molecule has 148 valence electrons. The Balaban J connectivity index is 2.03. The molecule has 1 fully saturated rings. The number of halogens is 1. The van der Waals surface area contributed by atoms with Crippen LogP contribution in [0.15, 0.2) is 47.4 Å². The average molecular weight is 421 g/mol. The summed E-state index contributed by atoms with van der Waals surface area (Å²) in [5, 5.41) is 0.606. The minimum atomic E-state index is -0.522. The van der Waals surface area contributed by atoms with Gasteiger partial charge in [-0.2, -0.15) is 0 Å². The van der Waals surface area contributed by atoms with E-state index in [-0.39, 0.29) is 12.2 Å². The molecular formula is C19H21ClN4O3S. The fraction of sp³-hybridized carbons (Fsp3) is 0.316. The van der Waals surface area contributed by atoms with Crippen LogP contribution in [0.25, 0.3) is 0 Å². The molecule has 9 heteroatoms. The summed E-state index contributed by atoms with van der Waals surface area (Å²) in [6.45, 7) is 2.25. The summed E-state index contributed by atoms with van der Waals surface area (Å²) in [6.07, 6.45) is 1.58. The van der Waals surface area contributed by atoms with Crippen molar-refractivity contribution in [1.82, 2.24) is 14.4 Å². The predicted octanol–water partition coefficient (Wildman–Crippen LogP) is 3.57. The largest absolute Gasteiger partial charge is 0.335 e. The first-order valence-corrected chi connectivity index (χ1v) is 10.2. The smallest absolute Gasteiger partial charge is 0.317 e. The Labute approximate surface area is 172 Å². The van der Waals surface area contributed by atoms with Crippen molar-refractivity contribution in [1.29, 1.82) is 0 Å². The van der Waals surface area contributed by atoms with Gasteiger partial charge in [-0.1, -0.05) is 30.7 Å². The zero-order chi connectivity index (χ0) is 20.4. The summed E-state index contributed by atoms with van der Waals surface area (Å²) >= 11 is 7.43. The van der Waals surface area contributed by atoms with Gasteiger partial charge in [-0.15, -0.1) is 11.8 Å². The number of carbonyl (C=O) groups is 2. The first-order chi connectivity index (χ1) is 13.3. The fourth-order valence-electron chi connectivity index (χ4n) is 3.01.